The fourth-order valence-electron chi connectivity index (χ4n) is 4.27. The number of hydrogen-bond acceptors (Lipinski definition) is 7. The van der Waals surface area contributed by atoms with E-state index in [1.54, 1.807) is 74.1 Å². The highest BCUT2D eigenvalue weighted by atomic mass is 16.5. The van der Waals surface area contributed by atoms with Gasteiger partial charge in [-0.2, -0.15) is 0 Å². The van der Waals surface area contributed by atoms with Gasteiger partial charge in [-0.3, -0.25) is 14.6 Å². The molecule has 0 radical (unpaired) electrons. The number of ether oxygens (including phenoxy) is 3. The number of aliphatic hydroxyl groups is 1. The molecule has 0 saturated carbocycles. The molecular weight excluding hydrogens is 472 g/mol. The van der Waals surface area contributed by atoms with E-state index in [1.807, 2.05) is 13.8 Å². The number of likely N-dealkylation sites (tertiary alicyclic amines) is 1. The lowest BCUT2D eigenvalue weighted by Crippen LogP contribution is -2.29. The first kappa shape index (κ1) is 25.8. The minimum absolute atomic E-state index is 0.00824. The number of ketones is 1. The van der Waals surface area contributed by atoms with Crippen LogP contribution in [0.15, 0.2) is 72.6 Å². The minimum atomic E-state index is -0.838. The summed E-state index contributed by atoms with van der Waals surface area (Å²) in [6.07, 6.45) is 4.10. The Labute approximate surface area is 216 Å². The van der Waals surface area contributed by atoms with Crippen LogP contribution in [0.3, 0.4) is 0 Å². The van der Waals surface area contributed by atoms with Crippen LogP contribution in [0, 0.1) is 0 Å². The zero-order valence-corrected chi connectivity index (χ0v) is 21.1. The van der Waals surface area contributed by atoms with Crippen molar-refractivity contribution in [3.05, 3.63) is 89.3 Å². The maximum Gasteiger partial charge on any atom is 0.295 e. The lowest BCUT2D eigenvalue weighted by atomic mass is 9.94. The van der Waals surface area contributed by atoms with Gasteiger partial charge in [0.25, 0.3) is 11.7 Å². The number of nitrogens with zero attached hydrogens (tertiary/aromatic N) is 2. The predicted molar refractivity (Wildman–Crippen MR) is 138 cm³/mol. The van der Waals surface area contributed by atoms with E-state index in [9.17, 15) is 14.7 Å². The smallest absolute Gasteiger partial charge is 0.295 e. The van der Waals surface area contributed by atoms with Crippen LogP contribution in [0.1, 0.15) is 43.0 Å². The number of pyridine rings is 1. The van der Waals surface area contributed by atoms with E-state index in [-0.39, 0.29) is 17.9 Å². The Morgan fingerprint density at radius 1 is 0.973 bits per heavy atom. The molecule has 1 fully saturated rings. The Morgan fingerprint density at radius 2 is 1.70 bits per heavy atom. The molecule has 2 heterocycles. The third kappa shape index (κ3) is 5.43. The van der Waals surface area contributed by atoms with E-state index >= 15 is 0 Å². The van der Waals surface area contributed by atoms with Gasteiger partial charge < -0.3 is 24.2 Å². The standard InChI is InChI=1S/C29H30N2O6/c1-4-16-37-23-11-8-21(17-24(23)36-5-2)26-25(27(32)20-6-9-22(35-3)10-7-20)28(33)29(34)31(26)18-19-12-14-30-15-13-19/h6-15,17,26,32H,4-5,16,18H2,1-3H3/b27-25+. The molecule has 37 heavy (non-hydrogen) atoms. The zero-order chi connectivity index (χ0) is 26.4. The van der Waals surface area contributed by atoms with E-state index in [4.69, 9.17) is 14.2 Å². The van der Waals surface area contributed by atoms with Gasteiger partial charge in [0, 0.05) is 24.5 Å². The summed E-state index contributed by atoms with van der Waals surface area (Å²) in [6, 6.07) is 14.7. The zero-order valence-electron chi connectivity index (χ0n) is 21.1. The molecule has 0 bridgehead atoms. The summed E-state index contributed by atoms with van der Waals surface area (Å²) >= 11 is 0. The lowest BCUT2D eigenvalue weighted by Gasteiger charge is -2.26. The Balaban J connectivity index is 1.85. The molecule has 1 aliphatic heterocycles. The Morgan fingerprint density at radius 3 is 2.35 bits per heavy atom. The van der Waals surface area contributed by atoms with Crippen molar-refractivity contribution in [2.24, 2.45) is 0 Å². The highest BCUT2D eigenvalue weighted by molar-refractivity contribution is 6.46. The number of carbonyl (C=O) groups is 2. The number of aliphatic hydroxyl groups excluding tert-OH is 1. The van der Waals surface area contributed by atoms with E-state index < -0.39 is 17.7 Å². The lowest BCUT2D eigenvalue weighted by molar-refractivity contribution is -0.140. The summed E-state index contributed by atoms with van der Waals surface area (Å²) in [4.78, 5) is 32.1. The SMILES string of the molecule is CCCOc1ccc(C2/C(=C(\O)c3ccc(OC)cc3)C(=O)C(=O)N2Cc2ccncc2)cc1OCC. The average Bonchev–Trinajstić information content (AvgIpc) is 3.17. The summed E-state index contributed by atoms with van der Waals surface area (Å²) in [7, 11) is 1.54. The molecule has 1 aromatic heterocycles. The van der Waals surface area contributed by atoms with Crippen LogP contribution in [0.4, 0.5) is 0 Å². The molecular formula is C29H30N2O6. The molecule has 3 aromatic rings. The molecule has 4 rings (SSSR count). The van der Waals surface area contributed by atoms with Crippen molar-refractivity contribution in [1.82, 2.24) is 9.88 Å². The van der Waals surface area contributed by atoms with E-state index in [0.717, 1.165) is 12.0 Å². The van der Waals surface area contributed by atoms with Gasteiger partial charge in [0.05, 0.1) is 31.9 Å². The number of carbonyl (C=O) groups excluding carboxylic acids is 2. The maximum absolute atomic E-state index is 13.3. The fraction of sp³-hybridized carbons (Fsp3) is 0.276. The Hall–Kier alpha value is -4.33. The fourth-order valence-corrected chi connectivity index (χ4v) is 4.27. The van der Waals surface area contributed by atoms with Crippen LogP contribution in [0.5, 0.6) is 17.2 Å². The second kappa shape index (κ2) is 11.6. The van der Waals surface area contributed by atoms with Gasteiger partial charge in [0.15, 0.2) is 11.5 Å². The van der Waals surface area contributed by atoms with Gasteiger partial charge in [0.1, 0.15) is 11.5 Å². The number of rotatable bonds is 10. The second-order valence-electron chi connectivity index (χ2n) is 8.50. The number of methoxy groups -OCH3 is 1. The van der Waals surface area contributed by atoms with Crippen molar-refractivity contribution in [1.29, 1.82) is 0 Å². The van der Waals surface area contributed by atoms with Gasteiger partial charge in [-0.15, -0.1) is 0 Å². The number of hydrogen-bond donors (Lipinski definition) is 1. The van der Waals surface area contributed by atoms with Gasteiger partial charge in [-0.25, -0.2) is 0 Å². The molecule has 1 atom stereocenters. The van der Waals surface area contributed by atoms with E-state index in [2.05, 4.69) is 4.98 Å². The summed E-state index contributed by atoms with van der Waals surface area (Å²) in [6.45, 7) is 4.98. The van der Waals surface area contributed by atoms with Crippen molar-refractivity contribution in [2.75, 3.05) is 20.3 Å². The number of aromatic nitrogens is 1. The summed E-state index contributed by atoms with van der Waals surface area (Å²) in [5, 5.41) is 11.3. The molecule has 0 aliphatic carbocycles. The van der Waals surface area contributed by atoms with Gasteiger partial charge >= 0.3 is 0 Å². The first-order valence-corrected chi connectivity index (χ1v) is 12.2. The quantitative estimate of drug-likeness (QED) is 0.239. The number of benzene rings is 2. The van der Waals surface area contributed by atoms with Gasteiger partial charge in [0.2, 0.25) is 0 Å². The molecule has 0 spiro atoms. The number of amides is 1. The van der Waals surface area contributed by atoms with Gasteiger partial charge in [-0.05, 0) is 73.0 Å². The second-order valence-corrected chi connectivity index (χ2v) is 8.50. The van der Waals surface area contributed by atoms with Crippen molar-refractivity contribution in [3.8, 4) is 17.2 Å². The monoisotopic (exact) mass is 502 g/mol. The topological polar surface area (TPSA) is 98.2 Å². The Kier molecular flexibility index (Phi) is 8.08. The van der Waals surface area contributed by atoms with Crippen LogP contribution >= 0.6 is 0 Å². The van der Waals surface area contributed by atoms with Crippen LogP contribution in [0.25, 0.3) is 5.76 Å². The molecule has 1 saturated heterocycles. The van der Waals surface area contributed by atoms with Crippen LogP contribution in [-0.4, -0.2) is 47.0 Å². The van der Waals surface area contributed by atoms with Crippen molar-refractivity contribution in [3.63, 3.8) is 0 Å². The largest absolute Gasteiger partial charge is 0.507 e. The van der Waals surface area contributed by atoms with Crippen LogP contribution in [-0.2, 0) is 16.1 Å². The molecule has 1 amide bonds. The molecule has 1 unspecified atom stereocenters. The first-order chi connectivity index (χ1) is 18.0. The summed E-state index contributed by atoms with van der Waals surface area (Å²) in [5.41, 5.74) is 1.84. The molecule has 1 N–H and O–H groups in total. The average molecular weight is 503 g/mol. The van der Waals surface area contributed by atoms with Crippen molar-refractivity contribution in [2.45, 2.75) is 32.9 Å². The highest BCUT2D eigenvalue weighted by Crippen LogP contribution is 2.43. The minimum Gasteiger partial charge on any atom is -0.507 e. The normalized spacial score (nSPS) is 16.6. The molecule has 8 nitrogen and oxygen atoms in total. The summed E-state index contributed by atoms with van der Waals surface area (Å²) in [5.74, 6) is -0.0124. The molecule has 2 aromatic carbocycles. The van der Waals surface area contributed by atoms with Gasteiger partial charge in [-0.1, -0.05) is 13.0 Å². The first-order valence-electron chi connectivity index (χ1n) is 12.2. The summed E-state index contributed by atoms with van der Waals surface area (Å²) < 4.78 is 16.9. The van der Waals surface area contributed by atoms with Crippen LogP contribution in [0.2, 0.25) is 0 Å². The maximum atomic E-state index is 13.3. The van der Waals surface area contributed by atoms with Crippen LogP contribution < -0.4 is 14.2 Å². The van der Waals surface area contributed by atoms with Crippen molar-refractivity contribution >= 4 is 17.4 Å². The van der Waals surface area contributed by atoms with E-state index in [0.29, 0.717) is 41.6 Å². The van der Waals surface area contributed by atoms with E-state index in [1.165, 1.54) is 4.90 Å². The number of Topliss-reactive ketones (excluding diaryl/α,β-unsaturated/α-hetero) is 1. The third-order valence-electron chi connectivity index (χ3n) is 6.05. The highest BCUT2D eigenvalue weighted by Gasteiger charge is 2.46. The Bertz CT molecular complexity index is 1290. The predicted octanol–water partition coefficient (Wildman–Crippen LogP) is 4.90. The molecule has 192 valence electrons. The molecule has 1 aliphatic rings. The third-order valence-corrected chi connectivity index (χ3v) is 6.05. The molecule has 8 heteroatoms. The van der Waals surface area contributed by atoms with Crippen molar-refractivity contribution < 1.29 is 28.9 Å².